The molecule has 2 heterocycles. The number of halogens is 1. The second-order valence-corrected chi connectivity index (χ2v) is 5.73. The van der Waals surface area contributed by atoms with Crippen LogP contribution in [-0.4, -0.2) is 16.3 Å². The van der Waals surface area contributed by atoms with Gasteiger partial charge in [-0.05, 0) is 41.5 Å². The first-order valence-corrected chi connectivity index (χ1v) is 7.97. The van der Waals surface area contributed by atoms with E-state index in [0.717, 1.165) is 40.0 Å². The predicted molar refractivity (Wildman–Crippen MR) is 87.3 cm³/mol. The minimum absolute atomic E-state index is 0.0146. The van der Waals surface area contributed by atoms with E-state index in [1.54, 1.807) is 0 Å². The maximum Gasteiger partial charge on any atom is 0.134 e. The lowest BCUT2D eigenvalue weighted by Gasteiger charge is -2.17. The van der Waals surface area contributed by atoms with Crippen molar-refractivity contribution in [2.75, 3.05) is 6.54 Å². The van der Waals surface area contributed by atoms with Gasteiger partial charge in [-0.2, -0.15) is 5.10 Å². The molecule has 0 aliphatic carbocycles. The first-order valence-electron chi connectivity index (χ1n) is 7.17. The molecule has 0 amide bonds. The van der Waals surface area contributed by atoms with Gasteiger partial charge < -0.3 is 9.73 Å². The van der Waals surface area contributed by atoms with Crippen molar-refractivity contribution in [3.63, 3.8) is 0 Å². The molecule has 1 atom stereocenters. The average molecular weight is 348 g/mol. The quantitative estimate of drug-likeness (QED) is 0.755. The fourth-order valence-electron chi connectivity index (χ4n) is 2.59. The molecule has 21 heavy (non-hydrogen) atoms. The highest BCUT2D eigenvalue weighted by Gasteiger charge is 2.24. The summed E-state index contributed by atoms with van der Waals surface area (Å²) in [4.78, 5) is 0. The Morgan fingerprint density at radius 2 is 2.14 bits per heavy atom. The fourth-order valence-corrected chi connectivity index (χ4v) is 3.12. The largest absolute Gasteiger partial charge is 0.459 e. The topological polar surface area (TPSA) is 43.0 Å². The van der Waals surface area contributed by atoms with E-state index in [1.807, 2.05) is 29.1 Å². The van der Waals surface area contributed by atoms with Gasteiger partial charge in [0.15, 0.2) is 0 Å². The molecular weight excluding hydrogens is 330 g/mol. The van der Waals surface area contributed by atoms with Gasteiger partial charge in [0.05, 0.1) is 16.4 Å². The molecule has 2 aromatic heterocycles. The number of rotatable bonds is 5. The Morgan fingerprint density at radius 1 is 1.33 bits per heavy atom. The van der Waals surface area contributed by atoms with Gasteiger partial charge in [-0.1, -0.05) is 25.1 Å². The second-order valence-electron chi connectivity index (χ2n) is 4.87. The van der Waals surface area contributed by atoms with Crippen LogP contribution in [0.25, 0.3) is 11.0 Å². The van der Waals surface area contributed by atoms with Crippen LogP contribution in [-0.2, 0) is 6.54 Å². The van der Waals surface area contributed by atoms with Crippen molar-refractivity contribution in [3.8, 4) is 0 Å². The second kappa shape index (κ2) is 6.03. The van der Waals surface area contributed by atoms with Crippen LogP contribution >= 0.6 is 15.9 Å². The van der Waals surface area contributed by atoms with Gasteiger partial charge in [0.25, 0.3) is 0 Å². The summed E-state index contributed by atoms with van der Waals surface area (Å²) in [5.74, 6) is 0.911. The van der Waals surface area contributed by atoms with Crippen molar-refractivity contribution in [1.82, 2.24) is 15.1 Å². The molecule has 0 bridgehead atoms. The molecule has 3 aromatic rings. The van der Waals surface area contributed by atoms with Crippen LogP contribution in [0.5, 0.6) is 0 Å². The van der Waals surface area contributed by atoms with E-state index >= 15 is 0 Å². The van der Waals surface area contributed by atoms with E-state index < -0.39 is 0 Å². The van der Waals surface area contributed by atoms with Crippen LogP contribution in [0.3, 0.4) is 0 Å². The third kappa shape index (κ3) is 2.63. The molecular formula is C16H18BrN3O. The van der Waals surface area contributed by atoms with Gasteiger partial charge in [-0.3, -0.25) is 4.68 Å². The van der Waals surface area contributed by atoms with Gasteiger partial charge in [0, 0.05) is 11.9 Å². The Balaban J connectivity index is 2.10. The lowest BCUT2D eigenvalue weighted by molar-refractivity contribution is 0.450. The number of aryl methyl sites for hydroxylation is 1. The highest BCUT2D eigenvalue weighted by atomic mass is 79.9. The monoisotopic (exact) mass is 347 g/mol. The van der Waals surface area contributed by atoms with Crippen molar-refractivity contribution in [1.29, 1.82) is 0 Å². The van der Waals surface area contributed by atoms with Crippen molar-refractivity contribution in [3.05, 3.63) is 52.5 Å². The molecule has 1 aromatic carbocycles. The standard InChI is InChI=1S/C16H18BrN3O/c1-3-18-15(16-12(17)10-19-20(16)4-2)14-9-11-7-5-6-8-13(11)21-14/h5-10,15,18H,3-4H2,1-2H3. The van der Waals surface area contributed by atoms with Crippen LogP contribution in [0.1, 0.15) is 31.3 Å². The normalized spacial score (nSPS) is 12.9. The number of aromatic nitrogens is 2. The number of nitrogens with zero attached hydrogens (tertiary/aromatic N) is 2. The highest BCUT2D eigenvalue weighted by molar-refractivity contribution is 9.10. The Bertz CT molecular complexity index is 714. The van der Waals surface area contributed by atoms with E-state index in [-0.39, 0.29) is 6.04 Å². The summed E-state index contributed by atoms with van der Waals surface area (Å²) >= 11 is 3.60. The molecule has 4 nitrogen and oxygen atoms in total. The molecule has 0 saturated carbocycles. The summed E-state index contributed by atoms with van der Waals surface area (Å²) in [7, 11) is 0. The summed E-state index contributed by atoms with van der Waals surface area (Å²) in [6, 6.07) is 10.2. The molecule has 110 valence electrons. The van der Waals surface area contributed by atoms with E-state index in [0.29, 0.717) is 0 Å². The zero-order valence-corrected chi connectivity index (χ0v) is 13.7. The molecule has 0 spiro atoms. The molecule has 0 saturated heterocycles. The van der Waals surface area contributed by atoms with E-state index in [9.17, 15) is 0 Å². The van der Waals surface area contributed by atoms with Gasteiger partial charge in [0.2, 0.25) is 0 Å². The predicted octanol–water partition coefficient (Wildman–Crippen LogP) is 4.11. The average Bonchev–Trinajstić information content (AvgIpc) is 3.08. The first-order chi connectivity index (χ1) is 10.2. The number of fused-ring (bicyclic) bond motifs is 1. The summed E-state index contributed by atoms with van der Waals surface area (Å²) in [5, 5.41) is 9.02. The van der Waals surface area contributed by atoms with E-state index in [1.165, 1.54) is 0 Å². The summed E-state index contributed by atoms with van der Waals surface area (Å²) in [5.41, 5.74) is 2.01. The Hall–Kier alpha value is -1.59. The molecule has 3 rings (SSSR count). The minimum Gasteiger partial charge on any atom is -0.459 e. The Kier molecular flexibility index (Phi) is 4.12. The third-order valence-electron chi connectivity index (χ3n) is 3.54. The summed E-state index contributed by atoms with van der Waals surface area (Å²) < 4.78 is 9.02. The summed E-state index contributed by atoms with van der Waals surface area (Å²) in [6.45, 7) is 5.85. The van der Waals surface area contributed by atoms with Crippen LogP contribution in [0, 0.1) is 0 Å². The SMILES string of the molecule is CCNC(c1cc2ccccc2o1)c1c(Br)cnn1CC. The van der Waals surface area contributed by atoms with Gasteiger partial charge in [-0.15, -0.1) is 0 Å². The lowest BCUT2D eigenvalue weighted by atomic mass is 10.1. The van der Waals surface area contributed by atoms with Crippen molar-refractivity contribution < 1.29 is 4.42 Å². The maximum absolute atomic E-state index is 6.04. The number of para-hydroxylation sites is 1. The number of furan rings is 1. The van der Waals surface area contributed by atoms with Crippen LogP contribution in [0.4, 0.5) is 0 Å². The molecule has 1 N–H and O–H groups in total. The number of hydrogen-bond acceptors (Lipinski definition) is 3. The molecule has 0 aliphatic rings. The molecule has 1 unspecified atom stereocenters. The zero-order chi connectivity index (χ0) is 14.8. The summed E-state index contributed by atoms with van der Waals surface area (Å²) in [6.07, 6.45) is 1.84. The smallest absolute Gasteiger partial charge is 0.134 e. The molecule has 0 fully saturated rings. The fraction of sp³-hybridized carbons (Fsp3) is 0.312. The van der Waals surface area contributed by atoms with Crippen molar-refractivity contribution in [2.24, 2.45) is 0 Å². The maximum atomic E-state index is 6.04. The first kappa shape index (κ1) is 14.4. The lowest BCUT2D eigenvalue weighted by Crippen LogP contribution is -2.24. The highest BCUT2D eigenvalue weighted by Crippen LogP contribution is 2.32. The van der Waals surface area contributed by atoms with Crippen molar-refractivity contribution in [2.45, 2.75) is 26.4 Å². The number of nitrogens with one attached hydrogen (secondary N) is 1. The Labute approximate surface area is 132 Å². The molecule has 0 aliphatic heterocycles. The van der Waals surface area contributed by atoms with Gasteiger partial charge >= 0.3 is 0 Å². The van der Waals surface area contributed by atoms with E-state index in [4.69, 9.17) is 4.42 Å². The molecule has 0 radical (unpaired) electrons. The van der Waals surface area contributed by atoms with E-state index in [2.05, 4.69) is 52.3 Å². The van der Waals surface area contributed by atoms with Crippen LogP contribution < -0.4 is 5.32 Å². The Morgan fingerprint density at radius 3 is 2.86 bits per heavy atom. The number of hydrogen-bond donors (Lipinski definition) is 1. The zero-order valence-electron chi connectivity index (χ0n) is 12.1. The van der Waals surface area contributed by atoms with Crippen LogP contribution in [0.2, 0.25) is 0 Å². The molecule has 5 heteroatoms. The van der Waals surface area contributed by atoms with Crippen molar-refractivity contribution >= 4 is 26.9 Å². The minimum atomic E-state index is -0.0146. The van der Waals surface area contributed by atoms with Gasteiger partial charge in [-0.25, -0.2) is 0 Å². The van der Waals surface area contributed by atoms with Crippen LogP contribution in [0.15, 0.2) is 45.4 Å². The number of benzene rings is 1. The third-order valence-corrected chi connectivity index (χ3v) is 4.15. The van der Waals surface area contributed by atoms with Gasteiger partial charge in [0.1, 0.15) is 17.4 Å².